The molecule has 2 nitrogen and oxygen atoms in total. The van der Waals surface area contributed by atoms with E-state index in [-0.39, 0.29) is 5.82 Å². The molecule has 0 saturated heterocycles. The summed E-state index contributed by atoms with van der Waals surface area (Å²) < 4.78 is 14.2. The molecule has 1 saturated carbocycles. The maximum absolute atomic E-state index is 13.5. The summed E-state index contributed by atoms with van der Waals surface area (Å²) in [6, 6.07) is 4.23. The maximum atomic E-state index is 13.5. The molecule has 0 unspecified atom stereocenters. The molecule has 2 aliphatic rings. The van der Waals surface area contributed by atoms with Crippen LogP contribution in [0.2, 0.25) is 0 Å². The molecule has 0 atom stereocenters. The molecule has 1 heterocycles. The van der Waals surface area contributed by atoms with Gasteiger partial charge in [-0.1, -0.05) is 0 Å². The number of nitrogens with zero attached hydrogens (tertiary/aromatic N) is 1. The number of halogens is 2. The van der Waals surface area contributed by atoms with Crippen LogP contribution in [0.5, 0.6) is 0 Å². The summed E-state index contributed by atoms with van der Waals surface area (Å²) in [5.74, 6) is -0.108. The lowest BCUT2D eigenvalue weighted by Crippen LogP contribution is -2.35. The fourth-order valence-corrected chi connectivity index (χ4v) is 2.58. The number of hydrogen-bond donors (Lipinski definition) is 1. The highest BCUT2D eigenvalue weighted by Gasteiger charge is 2.32. The van der Waals surface area contributed by atoms with E-state index in [2.05, 4.69) is 10.2 Å². The Kier molecular flexibility index (Phi) is 2.26. The second-order valence-corrected chi connectivity index (χ2v) is 5.30. The van der Waals surface area contributed by atoms with Crippen LogP contribution in [0, 0.1) is 9.39 Å². The summed E-state index contributed by atoms with van der Waals surface area (Å²) >= 11 is 2.04. The van der Waals surface area contributed by atoms with Crippen molar-refractivity contribution in [1.82, 2.24) is 0 Å². The van der Waals surface area contributed by atoms with Crippen LogP contribution < -0.4 is 10.2 Å². The van der Waals surface area contributed by atoms with E-state index in [4.69, 9.17) is 0 Å². The van der Waals surface area contributed by atoms with E-state index in [1.165, 1.54) is 12.8 Å². The molecule has 3 rings (SSSR count). The Bertz CT molecular complexity index is 404. The van der Waals surface area contributed by atoms with E-state index < -0.39 is 0 Å². The Morgan fingerprint density at radius 1 is 1.40 bits per heavy atom. The number of hydrogen-bond acceptors (Lipinski definition) is 2. The first-order valence-corrected chi connectivity index (χ1v) is 6.33. The van der Waals surface area contributed by atoms with Gasteiger partial charge >= 0.3 is 0 Å². The smallest absolute Gasteiger partial charge is 0.138 e. The summed E-state index contributed by atoms with van der Waals surface area (Å²) in [6.45, 7) is 1.96. The van der Waals surface area contributed by atoms with E-state index in [1.807, 2.05) is 28.7 Å². The third kappa shape index (κ3) is 1.68. The van der Waals surface area contributed by atoms with Crippen molar-refractivity contribution in [1.29, 1.82) is 0 Å². The van der Waals surface area contributed by atoms with Crippen molar-refractivity contribution in [2.75, 3.05) is 23.3 Å². The Balaban J connectivity index is 2.05. The van der Waals surface area contributed by atoms with Crippen molar-refractivity contribution in [3.63, 3.8) is 0 Å². The second-order valence-electron chi connectivity index (χ2n) is 4.13. The van der Waals surface area contributed by atoms with Gasteiger partial charge in [-0.3, -0.25) is 0 Å². The van der Waals surface area contributed by atoms with Gasteiger partial charge in [0.15, 0.2) is 0 Å². The van der Waals surface area contributed by atoms with Crippen molar-refractivity contribution < 1.29 is 4.39 Å². The molecule has 15 heavy (non-hydrogen) atoms. The first-order valence-electron chi connectivity index (χ1n) is 5.25. The van der Waals surface area contributed by atoms with Crippen LogP contribution in [-0.4, -0.2) is 19.1 Å². The van der Waals surface area contributed by atoms with E-state index in [9.17, 15) is 4.39 Å². The number of nitrogens with one attached hydrogen (secondary N) is 1. The average molecular weight is 318 g/mol. The van der Waals surface area contributed by atoms with Gasteiger partial charge in [0.1, 0.15) is 5.82 Å². The molecule has 0 aromatic heterocycles. The van der Waals surface area contributed by atoms with Crippen LogP contribution >= 0.6 is 22.6 Å². The molecule has 4 heteroatoms. The summed E-state index contributed by atoms with van der Waals surface area (Å²) in [6.07, 6.45) is 2.51. The van der Waals surface area contributed by atoms with Crippen LogP contribution in [0.3, 0.4) is 0 Å². The molecular weight excluding hydrogens is 306 g/mol. The Labute approximate surface area is 102 Å². The molecule has 1 aliphatic carbocycles. The second kappa shape index (κ2) is 3.50. The molecule has 1 fully saturated rings. The zero-order valence-corrected chi connectivity index (χ0v) is 10.4. The van der Waals surface area contributed by atoms with Gasteiger partial charge in [0.2, 0.25) is 0 Å². The minimum atomic E-state index is -0.108. The predicted octanol–water partition coefficient (Wildman–Crippen LogP) is 2.82. The van der Waals surface area contributed by atoms with E-state index in [0.717, 1.165) is 24.5 Å². The number of anilines is 2. The standard InChI is InChI=1S/C11H12FIN2/c12-8-5-11-10(6-9(8)13)14-3-4-15(11)7-1-2-7/h5-7,14H,1-4H2. The Hall–Kier alpha value is -0.520. The van der Waals surface area contributed by atoms with Gasteiger partial charge in [-0.05, 0) is 41.5 Å². The highest BCUT2D eigenvalue weighted by atomic mass is 127. The topological polar surface area (TPSA) is 15.3 Å². The molecule has 0 bridgehead atoms. The zero-order chi connectivity index (χ0) is 10.4. The summed E-state index contributed by atoms with van der Waals surface area (Å²) in [5, 5.41) is 3.33. The third-order valence-corrected chi connectivity index (χ3v) is 3.83. The van der Waals surface area contributed by atoms with Gasteiger partial charge in [-0.2, -0.15) is 0 Å². The van der Waals surface area contributed by atoms with Gasteiger partial charge in [-0.25, -0.2) is 4.39 Å². The third-order valence-electron chi connectivity index (χ3n) is 3.00. The normalized spacial score (nSPS) is 19.7. The number of rotatable bonds is 1. The fraction of sp³-hybridized carbons (Fsp3) is 0.455. The van der Waals surface area contributed by atoms with Crippen LogP contribution in [0.4, 0.5) is 15.8 Å². The maximum Gasteiger partial charge on any atom is 0.138 e. The van der Waals surface area contributed by atoms with Gasteiger partial charge in [0.05, 0.1) is 14.9 Å². The molecule has 0 radical (unpaired) electrons. The highest BCUT2D eigenvalue weighted by molar-refractivity contribution is 14.1. The number of fused-ring (bicyclic) bond motifs is 1. The van der Waals surface area contributed by atoms with E-state index in [1.54, 1.807) is 6.07 Å². The van der Waals surface area contributed by atoms with Crippen molar-refractivity contribution in [2.45, 2.75) is 18.9 Å². The van der Waals surface area contributed by atoms with Crippen LogP contribution in [0.25, 0.3) is 0 Å². The molecule has 0 spiro atoms. The van der Waals surface area contributed by atoms with Crippen LogP contribution in [0.15, 0.2) is 12.1 Å². The van der Waals surface area contributed by atoms with Gasteiger partial charge < -0.3 is 10.2 Å². The molecule has 1 aromatic carbocycles. The molecular formula is C11H12FIN2. The summed E-state index contributed by atoms with van der Waals surface area (Å²) in [4.78, 5) is 2.34. The lowest BCUT2D eigenvalue weighted by atomic mass is 10.2. The highest BCUT2D eigenvalue weighted by Crippen LogP contribution is 2.39. The van der Waals surface area contributed by atoms with Crippen LogP contribution in [-0.2, 0) is 0 Å². The van der Waals surface area contributed by atoms with Gasteiger partial charge in [0.25, 0.3) is 0 Å². The zero-order valence-electron chi connectivity index (χ0n) is 8.26. The van der Waals surface area contributed by atoms with Crippen molar-refractivity contribution in [2.24, 2.45) is 0 Å². The Morgan fingerprint density at radius 3 is 2.93 bits per heavy atom. The minimum absolute atomic E-state index is 0.108. The summed E-state index contributed by atoms with van der Waals surface area (Å²) in [7, 11) is 0. The Morgan fingerprint density at radius 2 is 2.20 bits per heavy atom. The lowest BCUT2D eigenvalue weighted by Gasteiger charge is -2.32. The minimum Gasteiger partial charge on any atom is -0.382 e. The number of benzene rings is 1. The summed E-state index contributed by atoms with van der Waals surface area (Å²) in [5.41, 5.74) is 2.13. The van der Waals surface area contributed by atoms with E-state index in [0.29, 0.717) is 9.61 Å². The van der Waals surface area contributed by atoms with E-state index >= 15 is 0 Å². The van der Waals surface area contributed by atoms with Crippen molar-refractivity contribution >= 4 is 34.0 Å². The van der Waals surface area contributed by atoms with Crippen molar-refractivity contribution in [3.8, 4) is 0 Å². The molecule has 0 amide bonds. The monoisotopic (exact) mass is 318 g/mol. The van der Waals surface area contributed by atoms with Crippen molar-refractivity contribution in [3.05, 3.63) is 21.5 Å². The van der Waals surface area contributed by atoms with Gasteiger partial charge in [-0.15, -0.1) is 0 Å². The molecule has 1 N–H and O–H groups in total. The average Bonchev–Trinajstić information content (AvgIpc) is 3.02. The van der Waals surface area contributed by atoms with Gasteiger partial charge in [0, 0.05) is 25.2 Å². The largest absolute Gasteiger partial charge is 0.382 e. The molecule has 1 aromatic rings. The van der Waals surface area contributed by atoms with Crippen LogP contribution in [0.1, 0.15) is 12.8 Å². The first kappa shape index (κ1) is 9.69. The fourth-order valence-electron chi connectivity index (χ4n) is 2.11. The lowest BCUT2D eigenvalue weighted by molar-refractivity contribution is 0.618. The molecule has 80 valence electrons. The molecule has 1 aliphatic heterocycles. The quantitative estimate of drug-likeness (QED) is 0.801. The predicted molar refractivity (Wildman–Crippen MR) is 68.0 cm³/mol. The SMILES string of the molecule is Fc1cc2c(cc1I)NCCN2C1CC1. The first-order chi connectivity index (χ1) is 7.25.